The van der Waals surface area contributed by atoms with E-state index in [1.807, 2.05) is 24.3 Å². The predicted molar refractivity (Wildman–Crippen MR) is 117 cm³/mol. The Balaban J connectivity index is 1.95. The van der Waals surface area contributed by atoms with Crippen molar-refractivity contribution in [1.29, 1.82) is 0 Å². The van der Waals surface area contributed by atoms with Gasteiger partial charge in [-0.1, -0.05) is 18.2 Å². The van der Waals surface area contributed by atoms with Crippen LogP contribution in [0.15, 0.2) is 42.5 Å². The molecule has 0 aromatic heterocycles. The van der Waals surface area contributed by atoms with E-state index in [1.165, 1.54) is 39.5 Å². The van der Waals surface area contributed by atoms with Crippen LogP contribution in [0.1, 0.15) is 24.1 Å². The van der Waals surface area contributed by atoms with Gasteiger partial charge in [0.2, 0.25) is 0 Å². The van der Waals surface area contributed by atoms with Gasteiger partial charge in [-0.3, -0.25) is 10.1 Å². The number of aliphatic hydroxyl groups excluding tert-OH is 1. The summed E-state index contributed by atoms with van der Waals surface area (Å²) in [4.78, 5) is 25.6. The average molecular weight is 458 g/mol. The van der Waals surface area contributed by atoms with Crippen LogP contribution in [0.2, 0.25) is 0 Å². The molecule has 0 amide bonds. The smallest absolute Gasteiger partial charge is 0.328 e. The summed E-state index contributed by atoms with van der Waals surface area (Å²) in [6.45, 7) is 1.64. The first kappa shape index (κ1) is 23.0. The van der Waals surface area contributed by atoms with Gasteiger partial charge in [-0.15, -0.1) is 0 Å². The molecular weight excluding hydrogens is 432 g/mol. The summed E-state index contributed by atoms with van der Waals surface area (Å²) >= 11 is 0. The molecule has 0 bridgehead atoms. The molecule has 1 N–H and O–H groups in total. The van der Waals surface area contributed by atoms with E-state index in [-0.39, 0.29) is 5.69 Å². The van der Waals surface area contributed by atoms with Crippen molar-refractivity contribution in [2.24, 2.45) is 0 Å². The molecule has 0 fully saturated rings. The summed E-state index contributed by atoms with van der Waals surface area (Å²) in [7, 11) is 4.16. The molecule has 0 radical (unpaired) electrons. The lowest BCUT2D eigenvalue weighted by Crippen LogP contribution is -2.63. The summed E-state index contributed by atoms with van der Waals surface area (Å²) in [5.74, 6) is -0.154. The van der Waals surface area contributed by atoms with Gasteiger partial charge in [-0.2, -0.15) is 0 Å². The second-order valence-electron chi connectivity index (χ2n) is 8.24. The average Bonchev–Trinajstić information content (AvgIpc) is 3.19. The second kappa shape index (κ2) is 8.62. The molecule has 2 aromatic carbocycles. The molecule has 2 aliphatic heterocycles. The van der Waals surface area contributed by atoms with E-state index in [0.29, 0.717) is 17.7 Å². The molecule has 3 unspecified atom stereocenters. The summed E-state index contributed by atoms with van der Waals surface area (Å²) in [5.41, 5.74) is 0.455. The third kappa shape index (κ3) is 3.60. The number of anilines is 1. The number of hydrogen-bond acceptors (Lipinski definition) is 9. The highest BCUT2D eigenvalue weighted by molar-refractivity contribution is 5.84. The Morgan fingerprint density at radius 2 is 1.94 bits per heavy atom. The van der Waals surface area contributed by atoms with Gasteiger partial charge in [0.15, 0.2) is 11.9 Å². The zero-order chi connectivity index (χ0) is 23.9. The largest absolute Gasteiger partial charge is 0.479 e. The third-order valence-electron chi connectivity index (χ3n) is 6.43. The second-order valence-corrected chi connectivity index (χ2v) is 8.24. The molecule has 10 heteroatoms. The van der Waals surface area contributed by atoms with E-state index in [1.54, 1.807) is 11.8 Å². The number of ether oxygens (including phenoxy) is 4. The minimum Gasteiger partial charge on any atom is -0.479 e. The highest BCUT2D eigenvalue weighted by Crippen LogP contribution is 2.50. The first-order valence-corrected chi connectivity index (χ1v) is 10.4. The zero-order valence-electron chi connectivity index (χ0n) is 18.8. The molecule has 4 atom stereocenters. The first-order valence-electron chi connectivity index (χ1n) is 10.4. The number of carbonyl (C=O) groups is 1. The number of benzene rings is 2. The van der Waals surface area contributed by atoms with Crippen LogP contribution in [-0.2, 0) is 25.4 Å². The third-order valence-corrected chi connectivity index (χ3v) is 6.43. The van der Waals surface area contributed by atoms with Gasteiger partial charge < -0.3 is 29.0 Å². The van der Waals surface area contributed by atoms with Gasteiger partial charge >= 0.3 is 5.97 Å². The van der Waals surface area contributed by atoms with Crippen LogP contribution in [0.3, 0.4) is 0 Å². The lowest BCUT2D eigenvalue weighted by molar-refractivity contribution is -0.385. The number of aliphatic hydroxyl groups is 1. The molecule has 2 heterocycles. The number of fused-ring (bicyclic) bond motifs is 2. The number of rotatable bonds is 6. The number of carbonyl (C=O) groups excluding carboxylic acids is 1. The fraction of sp³-hybridized carbons (Fsp3) is 0.435. The van der Waals surface area contributed by atoms with Crippen molar-refractivity contribution in [3.8, 4) is 5.75 Å². The Kier molecular flexibility index (Phi) is 6.00. The van der Waals surface area contributed by atoms with Crippen LogP contribution < -0.4 is 9.64 Å². The number of methoxy groups -OCH3 is 3. The number of nitro benzene ring substituents is 1. The molecule has 10 nitrogen and oxygen atoms in total. The van der Waals surface area contributed by atoms with Crippen molar-refractivity contribution >= 4 is 17.3 Å². The van der Waals surface area contributed by atoms with E-state index in [9.17, 15) is 20.0 Å². The van der Waals surface area contributed by atoms with Crippen molar-refractivity contribution in [3.63, 3.8) is 0 Å². The molecule has 2 aliphatic rings. The lowest BCUT2D eigenvalue weighted by Gasteiger charge is -2.50. The molecule has 33 heavy (non-hydrogen) atoms. The molecule has 2 aromatic rings. The zero-order valence-corrected chi connectivity index (χ0v) is 18.8. The minimum absolute atomic E-state index is 0.157. The highest BCUT2D eigenvalue weighted by Gasteiger charge is 2.56. The number of nitro groups is 1. The molecule has 0 saturated heterocycles. The van der Waals surface area contributed by atoms with E-state index in [2.05, 4.69) is 0 Å². The van der Waals surface area contributed by atoms with Gasteiger partial charge in [0, 0.05) is 44.0 Å². The summed E-state index contributed by atoms with van der Waals surface area (Å²) < 4.78 is 22.1. The standard InChI is InChI=1S/C23H26N2O8/c1-23(22(31-3)32-4)20(26)19(15-12-14(25(28)29)9-10-18(15)33-23)24-16-8-6-5-7-13(16)11-17(24)21(27)30-2/h5-10,12,17,19-20,22,26H,11H2,1-4H3/t17?,19?,20?,23-/m0/s1. The fourth-order valence-corrected chi connectivity index (χ4v) is 4.89. The molecule has 0 saturated carbocycles. The fourth-order valence-electron chi connectivity index (χ4n) is 4.89. The minimum atomic E-state index is -1.39. The van der Waals surface area contributed by atoms with Crippen molar-refractivity contribution in [3.05, 3.63) is 63.7 Å². The van der Waals surface area contributed by atoms with Gasteiger partial charge in [0.25, 0.3) is 5.69 Å². The molecule has 0 spiro atoms. The van der Waals surface area contributed by atoms with Crippen molar-refractivity contribution in [1.82, 2.24) is 0 Å². The van der Waals surface area contributed by atoms with E-state index in [0.717, 1.165) is 11.3 Å². The van der Waals surface area contributed by atoms with Crippen LogP contribution >= 0.6 is 0 Å². The summed E-state index contributed by atoms with van der Waals surface area (Å²) in [6, 6.07) is 10.00. The maximum Gasteiger partial charge on any atom is 0.328 e. The van der Waals surface area contributed by atoms with E-state index < -0.39 is 41.0 Å². The van der Waals surface area contributed by atoms with E-state index >= 15 is 0 Å². The SMILES string of the molecule is COC(=O)C1Cc2ccccc2N1C1c2cc([N+](=O)[O-])ccc2O[C@](C)(C(OC)OC)C1O. The summed E-state index contributed by atoms with van der Waals surface area (Å²) in [5, 5.41) is 23.2. The van der Waals surface area contributed by atoms with Crippen LogP contribution in [0.5, 0.6) is 5.75 Å². The first-order chi connectivity index (χ1) is 15.8. The topological polar surface area (TPSA) is 121 Å². The number of non-ortho nitro benzene ring substituents is 1. The molecular formula is C23H26N2O8. The van der Waals surface area contributed by atoms with Crippen LogP contribution in [0.25, 0.3) is 0 Å². The Bertz CT molecular complexity index is 1070. The van der Waals surface area contributed by atoms with Gasteiger partial charge in [0.1, 0.15) is 17.9 Å². The Hall–Kier alpha value is -3.21. The quantitative estimate of drug-likeness (QED) is 0.301. The van der Waals surface area contributed by atoms with Crippen molar-refractivity contribution in [2.45, 2.75) is 43.4 Å². The Morgan fingerprint density at radius 1 is 1.24 bits per heavy atom. The molecule has 0 aliphatic carbocycles. The number of para-hydroxylation sites is 1. The Morgan fingerprint density at radius 3 is 2.58 bits per heavy atom. The van der Waals surface area contributed by atoms with Gasteiger partial charge in [0.05, 0.1) is 18.1 Å². The lowest BCUT2D eigenvalue weighted by atomic mass is 9.83. The van der Waals surface area contributed by atoms with Crippen molar-refractivity contribution in [2.75, 3.05) is 26.2 Å². The summed E-state index contributed by atoms with van der Waals surface area (Å²) in [6.07, 6.45) is -1.89. The van der Waals surface area contributed by atoms with Gasteiger partial charge in [-0.25, -0.2) is 4.79 Å². The predicted octanol–water partition coefficient (Wildman–Crippen LogP) is 2.37. The van der Waals surface area contributed by atoms with Crippen LogP contribution in [0, 0.1) is 10.1 Å². The number of nitrogens with zero attached hydrogens (tertiary/aromatic N) is 2. The van der Waals surface area contributed by atoms with Crippen LogP contribution in [-0.4, -0.2) is 61.4 Å². The van der Waals surface area contributed by atoms with Crippen molar-refractivity contribution < 1.29 is 33.8 Å². The van der Waals surface area contributed by atoms with E-state index in [4.69, 9.17) is 18.9 Å². The highest BCUT2D eigenvalue weighted by atomic mass is 16.7. The monoisotopic (exact) mass is 458 g/mol. The normalized spacial score (nSPS) is 25.9. The number of hydrogen-bond donors (Lipinski definition) is 1. The van der Waals surface area contributed by atoms with Crippen LogP contribution in [0.4, 0.5) is 11.4 Å². The maximum atomic E-state index is 12.8. The van der Waals surface area contributed by atoms with Gasteiger partial charge in [-0.05, 0) is 24.6 Å². The maximum absolute atomic E-state index is 12.8. The Labute approximate surface area is 190 Å². The number of esters is 1. The molecule has 4 rings (SSSR count). The molecule has 176 valence electrons.